The molecule has 4 atom stereocenters. The minimum atomic E-state index is -3.27. The highest BCUT2D eigenvalue weighted by atomic mass is 28.3. The molecular weight excluding hydrogens is 476 g/mol. The Kier molecular flexibility index (Phi) is 6.57. The molecule has 36 heavy (non-hydrogen) atoms. The number of ether oxygens (including phenoxy) is 1. The molecule has 0 aliphatic carbocycles. The summed E-state index contributed by atoms with van der Waals surface area (Å²) in [6.45, 7) is -0.531. The molecule has 1 aromatic heterocycles. The summed E-state index contributed by atoms with van der Waals surface area (Å²) in [5.74, 6) is 0. The first-order valence-electron chi connectivity index (χ1n) is 11.6. The number of hydrogen-bond donors (Lipinski definition) is 4. The van der Waals surface area contributed by atoms with Crippen molar-refractivity contribution in [3.8, 4) is 0 Å². The van der Waals surface area contributed by atoms with E-state index in [1.807, 2.05) is 91.0 Å². The third-order valence-electron chi connectivity index (χ3n) is 6.78. The van der Waals surface area contributed by atoms with Crippen LogP contribution in [-0.2, 0) is 4.74 Å². The fourth-order valence-electron chi connectivity index (χ4n) is 5.08. The van der Waals surface area contributed by atoms with Gasteiger partial charge in [-0.1, -0.05) is 91.0 Å². The first-order valence-corrected chi connectivity index (χ1v) is 13.6. The lowest BCUT2D eigenvalue weighted by Gasteiger charge is -2.34. The van der Waals surface area contributed by atoms with Crippen LogP contribution in [0.2, 0.25) is 0 Å². The Morgan fingerprint density at radius 3 is 1.67 bits per heavy atom. The van der Waals surface area contributed by atoms with Crippen molar-refractivity contribution in [2.75, 3.05) is 6.61 Å². The Balaban J connectivity index is 1.85. The number of aliphatic hydroxyl groups is 3. The van der Waals surface area contributed by atoms with Crippen LogP contribution in [0.1, 0.15) is 6.23 Å². The molecule has 1 saturated heterocycles. The van der Waals surface area contributed by atoms with Crippen LogP contribution in [0.3, 0.4) is 0 Å². The highest BCUT2D eigenvalue weighted by Crippen LogP contribution is 2.27. The van der Waals surface area contributed by atoms with E-state index in [0.717, 1.165) is 20.1 Å². The van der Waals surface area contributed by atoms with Gasteiger partial charge in [0.2, 0.25) is 0 Å². The van der Waals surface area contributed by atoms with Crippen molar-refractivity contribution in [2.24, 2.45) is 0 Å². The topological polar surface area (TPSA) is 125 Å². The van der Waals surface area contributed by atoms with E-state index in [1.165, 1.54) is 6.20 Å². The fraction of sp³-hybridized carbons (Fsp3) is 0.185. The second-order valence-electron chi connectivity index (χ2n) is 8.79. The average molecular weight is 503 g/mol. The summed E-state index contributed by atoms with van der Waals surface area (Å²) >= 11 is 0. The van der Waals surface area contributed by atoms with Gasteiger partial charge in [0, 0.05) is 11.4 Å². The van der Waals surface area contributed by atoms with Gasteiger partial charge in [-0.05, 0) is 15.6 Å². The molecule has 0 amide bonds. The van der Waals surface area contributed by atoms with Crippen LogP contribution in [0.15, 0.2) is 107 Å². The summed E-state index contributed by atoms with van der Waals surface area (Å²) in [5.41, 5.74) is -1.32. The molecule has 4 N–H and O–H groups in total. The maximum atomic E-state index is 13.6. The minimum Gasteiger partial charge on any atom is -0.394 e. The van der Waals surface area contributed by atoms with Crippen LogP contribution >= 0.6 is 0 Å². The smallest absolute Gasteiger partial charge is 0.330 e. The summed E-state index contributed by atoms with van der Waals surface area (Å²) in [5, 5.41) is 33.6. The van der Waals surface area contributed by atoms with E-state index in [2.05, 4.69) is 4.98 Å². The molecule has 2 unspecified atom stereocenters. The monoisotopic (exact) mass is 502 g/mol. The van der Waals surface area contributed by atoms with E-state index in [0.29, 0.717) is 5.19 Å². The molecule has 184 valence electrons. The van der Waals surface area contributed by atoms with Gasteiger partial charge in [0.25, 0.3) is 5.56 Å². The molecule has 1 aliphatic heterocycles. The molecule has 4 aromatic rings. The Bertz CT molecular complexity index is 1350. The van der Waals surface area contributed by atoms with Gasteiger partial charge >= 0.3 is 5.69 Å². The molecule has 1 fully saturated rings. The van der Waals surface area contributed by atoms with E-state index in [1.54, 1.807) is 0 Å². The van der Waals surface area contributed by atoms with Crippen LogP contribution in [0, 0.1) is 0 Å². The van der Waals surface area contributed by atoms with Crippen molar-refractivity contribution < 1.29 is 20.1 Å². The summed E-state index contributed by atoms with van der Waals surface area (Å²) in [6, 6.07) is 29.1. The number of aromatic nitrogens is 2. The molecule has 8 nitrogen and oxygen atoms in total. The lowest BCUT2D eigenvalue weighted by atomic mass is 10.1. The zero-order chi connectivity index (χ0) is 25.3. The van der Waals surface area contributed by atoms with E-state index < -0.39 is 50.5 Å². The van der Waals surface area contributed by atoms with Crippen molar-refractivity contribution in [3.05, 3.63) is 118 Å². The molecule has 9 heteroatoms. The molecular formula is C27H26N2O6Si. The lowest BCUT2D eigenvalue weighted by molar-refractivity contribution is -0.0549. The zero-order valence-corrected chi connectivity index (χ0v) is 20.3. The summed E-state index contributed by atoms with van der Waals surface area (Å²) < 4.78 is 6.74. The van der Waals surface area contributed by atoms with Crippen molar-refractivity contribution in [1.29, 1.82) is 0 Å². The van der Waals surface area contributed by atoms with Gasteiger partial charge in [-0.3, -0.25) is 14.3 Å². The van der Waals surface area contributed by atoms with Crippen molar-refractivity contribution in [1.82, 2.24) is 9.55 Å². The van der Waals surface area contributed by atoms with Crippen LogP contribution in [0.25, 0.3) is 0 Å². The molecule has 2 heterocycles. The number of H-pyrrole nitrogens is 1. The van der Waals surface area contributed by atoms with Crippen LogP contribution in [0.4, 0.5) is 0 Å². The third kappa shape index (κ3) is 3.87. The van der Waals surface area contributed by atoms with Crippen molar-refractivity contribution in [3.63, 3.8) is 0 Å². The minimum absolute atomic E-state index is 0.364. The molecule has 1 aliphatic rings. The average Bonchev–Trinajstić information content (AvgIpc) is 3.20. The van der Waals surface area contributed by atoms with Gasteiger partial charge in [-0.2, -0.15) is 0 Å². The highest BCUT2D eigenvalue weighted by molar-refractivity contribution is 7.19. The van der Waals surface area contributed by atoms with Gasteiger partial charge in [0.1, 0.15) is 18.3 Å². The normalized spacial score (nSPS) is 22.0. The zero-order valence-electron chi connectivity index (χ0n) is 19.3. The largest absolute Gasteiger partial charge is 0.394 e. The van der Waals surface area contributed by atoms with Gasteiger partial charge in [-0.25, -0.2) is 4.79 Å². The standard InChI is InChI=1S/C27H26N2O6Si/c30-17-21-23(31)24(32)26(35-21)29-16-22(25(33)28-27(29)34)36(18-10-4-1-5-11-18,19-12-6-2-7-13-19)20-14-8-3-9-15-20/h1-16,21,23-24,26,30-32H,17H2,(H,28,33,34)/t21-,23?,24?,26-/m0/s1. The molecule has 5 rings (SSSR count). The van der Waals surface area contributed by atoms with Gasteiger partial charge in [0.15, 0.2) is 14.3 Å². The number of nitrogens with zero attached hydrogens (tertiary/aromatic N) is 1. The maximum absolute atomic E-state index is 13.6. The van der Waals surface area contributed by atoms with Crippen LogP contribution in [0.5, 0.6) is 0 Å². The fourth-order valence-corrected chi connectivity index (χ4v) is 9.83. The number of aromatic amines is 1. The second kappa shape index (κ2) is 9.80. The number of hydrogen-bond acceptors (Lipinski definition) is 6. The van der Waals surface area contributed by atoms with Crippen molar-refractivity contribution >= 4 is 28.8 Å². The number of nitrogens with one attached hydrogen (secondary N) is 1. The number of benzene rings is 3. The van der Waals surface area contributed by atoms with Crippen molar-refractivity contribution in [2.45, 2.75) is 24.5 Å². The predicted octanol–water partition coefficient (Wildman–Crippen LogP) is -1.47. The molecule has 3 aromatic carbocycles. The highest BCUT2D eigenvalue weighted by Gasteiger charge is 2.47. The summed E-state index contributed by atoms with van der Waals surface area (Å²) in [7, 11) is -3.27. The SMILES string of the molecule is O=c1[nH]c(=O)n([C@H]2O[C@@H](CO)C(O)C2O)cc1[Si](c1ccccc1)(c1ccccc1)c1ccccc1. The van der Waals surface area contributed by atoms with E-state index in [-0.39, 0.29) is 0 Å². The predicted molar refractivity (Wildman–Crippen MR) is 138 cm³/mol. The number of rotatable bonds is 6. The van der Waals surface area contributed by atoms with Gasteiger partial charge < -0.3 is 20.1 Å². The first-order chi connectivity index (χ1) is 17.5. The summed E-state index contributed by atoms with van der Waals surface area (Å²) in [6.07, 6.45) is -3.76. The van der Waals surface area contributed by atoms with E-state index >= 15 is 0 Å². The quantitative estimate of drug-likeness (QED) is 0.188. The van der Waals surface area contributed by atoms with E-state index in [9.17, 15) is 24.9 Å². The van der Waals surface area contributed by atoms with Gasteiger partial charge in [-0.15, -0.1) is 0 Å². The molecule has 0 spiro atoms. The Morgan fingerprint density at radius 1 is 0.778 bits per heavy atom. The third-order valence-corrected chi connectivity index (χ3v) is 11.5. The lowest BCUT2D eigenvalue weighted by Crippen LogP contribution is -2.78. The second-order valence-corrected chi connectivity index (χ2v) is 12.6. The number of aliphatic hydroxyl groups excluding tert-OH is 3. The Morgan fingerprint density at radius 2 is 1.25 bits per heavy atom. The molecule has 0 bridgehead atoms. The van der Waals surface area contributed by atoms with Crippen LogP contribution < -0.4 is 32.0 Å². The van der Waals surface area contributed by atoms with Crippen LogP contribution in [-0.4, -0.2) is 57.9 Å². The Labute approximate surface area is 207 Å². The van der Waals surface area contributed by atoms with E-state index in [4.69, 9.17) is 4.74 Å². The first kappa shape index (κ1) is 24.1. The summed E-state index contributed by atoms with van der Waals surface area (Å²) in [4.78, 5) is 29.0. The maximum Gasteiger partial charge on any atom is 0.330 e. The Hall–Kier alpha value is -3.60. The molecule has 0 radical (unpaired) electrons. The van der Waals surface area contributed by atoms with Gasteiger partial charge in [0.05, 0.1) is 6.61 Å². The molecule has 0 saturated carbocycles.